The smallest absolute Gasteiger partial charge is 0.345 e. The van der Waals surface area contributed by atoms with Crippen molar-refractivity contribution in [1.82, 2.24) is 9.47 Å². The molecule has 2 aromatic rings. The average molecular weight is 402 g/mol. The van der Waals surface area contributed by atoms with Gasteiger partial charge >= 0.3 is 6.18 Å². The normalized spacial score (nSPS) is 11.2. The lowest BCUT2D eigenvalue weighted by Gasteiger charge is -2.13. The van der Waals surface area contributed by atoms with Gasteiger partial charge in [-0.2, -0.15) is 13.2 Å². The highest BCUT2D eigenvalue weighted by Gasteiger charge is 2.32. The second-order valence-corrected chi connectivity index (χ2v) is 6.24. The summed E-state index contributed by atoms with van der Waals surface area (Å²) in [5.74, 6) is -0.947. The molecule has 0 saturated carbocycles. The van der Waals surface area contributed by atoms with Crippen molar-refractivity contribution >= 4 is 29.1 Å². The maximum absolute atomic E-state index is 12.8. The van der Waals surface area contributed by atoms with E-state index in [-0.39, 0.29) is 5.91 Å². The number of alkyl halides is 3. The lowest BCUT2D eigenvalue weighted by molar-refractivity contribution is -0.138. The third kappa shape index (κ3) is 5.10. The highest BCUT2D eigenvalue weighted by Crippen LogP contribution is 2.29. The molecule has 1 heterocycles. The highest BCUT2D eigenvalue weighted by atomic mass is 35.5. The zero-order valence-electron chi connectivity index (χ0n) is 14.3. The van der Waals surface area contributed by atoms with Crippen LogP contribution in [0.25, 0.3) is 0 Å². The van der Waals surface area contributed by atoms with Gasteiger partial charge in [0.15, 0.2) is 0 Å². The zero-order chi connectivity index (χ0) is 20.4. The Morgan fingerprint density at radius 2 is 1.78 bits per heavy atom. The first-order valence-electron chi connectivity index (χ1n) is 7.58. The molecule has 0 saturated heterocycles. The Labute approximate surface area is 157 Å². The summed E-state index contributed by atoms with van der Waals surface area (Å²) in [7, 11) is 3.19. The topological polar surface area (TPSA) is 71.4 Å². The van der Waals surface area contributed by atoms with Crippen LogP contribution in [0.4, 0.5) is 18.9 Å². The molecule has 2 amide bonds. The first-order valence-corrected chi connectivity index (χ1v) is 7.95. The van der Waals surface area contributed by atoms with Gasteiger partial charge in [-0.05, 0) is 30.3 Å². The molecule has 1 aromatic heterocycles. The number of carbonyl (C=O) groups excluding carboxylic acids is 2. The van der Waals surface area contributed by atoms with Crippen molar-refractivity contribution in [2.75, 3.05) is 19.4 Å². The van der Waals surface area contributed by atoms with Crippen molar-refractivity contribution in [3.63, 3.8) is 0 Å². The summed E-state index contributed by atoms with van der Waals surface area (Å²) >= 11 is 5.54. The molecule has 0 bridgehead atoms. The number of hydrogen-bond donors (Lipinski definition) is 1. The number of nitrogens with one attached hydrogen (secondary N) is 1. The minimum Gasteiger partial charge on any atom is -0.345 e. The zero-order valence-corrected chi connectivity index (χ0v) is 15.1. The Morgan fingerprint density at radius 1 is 1.19 bits per heavy atom. The van der Waals surface area contributed by atoms with Gasteiger partial charge in [0.25, 0.3) is 11.5 Å². The maximum Gasteiger partial charge on any atom is 0.417 e. The van der Waals surface area contributed by atoms with E-state index in [0.29, 0.717) is 28.1 Å². The third-order valence-corrected chi connectivity index (χ3v) is 3.78. The van der Waals surface area contributed by atoms with E-state index in [4.69, 9.17) is 11.6 Å². The van der Waals surface area contributed by atoms with Crippen molar-refractivity contribution in [3.8, 4) is 0 Å². The largest absolute Gasteiger partial charge is 0.417 e. The molecule has 0 aliphatic rings. The Hall–Kier alpha value is -2.81. The second kappa shape index (κ2) is 7.83. The van der Waals surface area contributed by atoms with Crippen LogP contribution in [-0.4, -0.2) is 35.4 Å². The van der Waals surface area contributed by atoms with Gasteiger partial charge in [0.1, 0.15) is 11.6 Å². The maximum atomic E-state index is 12.8. The standard InChI is InChI=1S/C17H15ClF3N3O3/c1-23(2)15(26)10-3-5-12(6-4-10)22-14(25)9-24-8-11(17(19,20)21)7-13(18)16(24)27/h3-8H,9H2,1-2H3,(H,22,25). The van der Waals surface area contributed by atoms with E-state index in [1.807, 2.05) is 0 Å². The molecule has 0 unspecified atom stereocenters. The number of amides is 2. The van der Waals surface area contributed by atoms with Gasteiger partial charge in [-0.15, -0.1) is 0 Å². The van der Waals surface area contributed by atoms with Crippen LogP contribution < -0.4 is 10.9 Å². The number of rotatable bonds is 4. The van der Waals surface area contributed by atoms with Gasteiger partial charge in [0.05, 0.1) is 5.56 Å². The van der Waals surface area contributed by atoms with Crippen molar-refractivity contribution in [2.24, 2.45) is 0 Å². The van der Waals surface area contributed by atoms with E-state index in [9.17, 15) is 27.6 Å². The molecule has 0 aliphatic carbocycles. The molecular weight excluding hydrogens is 387 g/mol. The number of carbonyl (C=O) groups is 2. The van der Waals surface area contributed by atoms with Gasteiger partial charge in [-0.25, -0.2) is 0 Å². The minimum absolute atomic E-state index is 0.224. The highest BCUT2D eigenvalue weighted by molar-refractivity contribution is 6.30. The monoisotopic (exact) mass is 401 g/mol. The summed E-state index contributed by atoms with van der Waals surface area (Å²) in [5.41, 5.74) is -1.32. The summed E-state index contributed by atoms with van der Waals surface area (Å²) in [5, 5.41) is 1.81. The van der Waals surface area contributed by atoms with Crippen LogP contribution in [0, 0.1) is 0 Å². The molecule has 0 fully saturated rings. The molecule has 1 N–H and O–H groups in total. The molecule has 144 valence electrons. The van der Waals surface area contributed by atoms with E-state index in [1.54, 1.807) is 14.1 Å². The molecule has 1 aromatic carbocycles. The van der Waals surface area contributed by atoms with Crippen LogP contribution >= 0.6 is 11.6 Å². The van der Waals surface area contributed by atoms with Crippen LogP contribution in [0.15, 0.2) is 41.3 Å². The molecule has 0 spiro atoms. The number of hydrogen-bond acceptors (Lipinski definition) is 3. The summed E-state index contributed by atoms with van der Waals surface area (Å²) in [4.78, 5) is 37.1. The van der Waals surface area contributed by atoms with E-state index < -0.39 is 34.8 Å². The van der Waals surface area contributed by atoms with Gasteiger partial charge in [-0.3, -0.25) is 14.4 Å². The SMILES string of the molecule is CN(C)C(=O)c1ccc(NC(=O)Cn2cc(C(F)(F)F)cc(Cl)c2=O)cc1. The molecule has 0 atom stereocenters. The van der Waals surface area contributed by atoms with E-state index in [0.717, 1.165) is 0 Å². The number of pyridine rings is 1. The summed E-state index contributed by atoms with van der Waals surface area (Å²) in [6.45, 7) is -0.652. The second-order valence-electron chi connectivity index (χ2n) is 5.83. The number of nitrogens with zero attached hydrogens (tertiary/aromatic N) is 2. The molecule has 2 rings (SSSR count). The van der Waals surface area contributed by atoms with Crippen LogP contribution in [0.2, 0.25) is 5.02 Å². The fraction of sp³-hybridized carbons (Fsp3) is 0.235. The molecule has 0 aliphatic heterocycles. The van der Waals surface area contributed by atoms with E-state index in [1.165, 1.54) is 29.2 Å². The molecular formula is C17H15ClF3N3O3. The van der Waals surface area contributed by atoms with E-state index >= 15 is 0 Å². The predicted molar refractivity (Wildman–Crippen MR) is 93.8 cm³/mol. The lowest BCUT2D eigenvalue weighted by atomic mass is 10.2. The summed E-state index contributed by atoms with van der Waals surface area (Å²) < 4.78 is 39.0. The number of anilines is 1. The van der Waals surface area contributed by atoms with Crippen molar-refractivity contribution in [1.29, 1.82) is 0 Å². The minimum atomic E-state index is -4.70. The fourth-order valence-corrected chi connectivity index (χ4v) is 2.41. The fourth-order valence-electron chi connectivity index (χ4n) is 2.18. The summed E-state index contributed by atoms with van der Waals surface area (Å²) in [6, 6.07) is 6.43. The lowest BCUT2D eigenvalue weighted by Crippen LogP contribution is -2.29. The van der Waals surface area contributed by atoms with Crippen molar-refractivity contribution < 1.29 is 22.8 Å². The van der Waals surface area contributed by atoms with Crippen LogP contribution in [0.3, 0.4) is 0 Å². The molecule has 27 heavy (non-hydrogen) atoms. The molecule has 0 radical (unpaired) electrons. The van der Waals surface area contributed by atoms with Gasteiger partial charge in [0.2, 0.25) is 5.91 Å². The average Bonchev–Trinajstić information content (AvgIpc) is 2.57. The first kappa shape index (κ1) is 20.5. The Balaban J connectivity index is 2.15. The summed E-state index contributed by atoms with van der Waals surface area (Å²) in [6.07, 6.45) is -4.17. The van der Waals surface area contributed by atoms with Gasteiger partial charge in [-0.1, -0.05) is 11.6 Å². The number of halogens is 4. The number of aromatic nitrogens is 1. The van der Waals surface area contributed by atoms with E-state index in [2.05, 4.69) is 5.32 Å². The van der Waals surface area contributed by atoms with Crippen molar-refractivity contribution in [2.45, 2.75) is 12.7 Å². The first-order chi connectivity index (χ1) is 12.5. The quantitative estimate of drug-likeness (QED) is 0.856. The third-order valence-electron chi connectivity index (χ3n) is 3.51. The Bertz CT molecular complexity index is 922. The molecule has 6 nitrogen and oxygen atoms in total. The van der Waals surface area contributed by atoms with Crippen LogP contribution in [-0.2, 0) is 17.5 Å². The number of benzene rings is 1. The van der Waals surface area contributed by atoms with Crippen LogP contribution in [0.5, 0.6) is 0 Å². The Morgan fingerprint density at radius 3 is 2.30 bits per heavy atom. The Kier molecular flexibility index (Phi) is 5.94. The van der Waals surface area contributed by atoms with Crippen LogP contribution in [0.1, 0.15) is 15.9 Å². The molecule has 10 heteroatoms. The van der Waals surface area contributed by atoms with Crippen molar-refractivity contribution in [3.05, 3.63) is 63.0 Å². The van der Waals surface area contributed by atoms with Gasteiger partial charge < -0.3 is 14.8 Å². The predicted octanol–water partition coefficient (Wildman–Crippen LogP) is 2.86. The van der Waals surface area contributed by atoms with Gasteiger partial charge in [0, 0.05) is 31.5 Å².